The van der Waals surface area contributed by atoms with E-state index in [1.54, 1.807) is 11.3 Å². The minimum absolute atomic E-state index is 0.0463. The Balaban J connectivity index is 1.52. The van der Waals surface area contributed by atoms with Gasteiger partial charge in [-0.15, -0.1) is 11.3 Å². The minimum atomic E-state index is 0.0463. The van der Waals surface area contributed by atoms with Crippen molar-refractivity contribution in [1.29, 1.82) is 0 Å². The number of nitrogens with one attached hydrogen (secondary N) is 1. The molecule has 0 bridgehead atoms. The second kappa shape index (κ2) is 6.10. The highest BCUT2D eigenvalue weighted by Gasteiger charge is 2.34. The van der Waals surface area contributed by atoms with Crippen LogP contribution in [0.4, 0.5) is 4.79 Å². The van der Waals surface area contributed by atoms with Gasteiger partial charge in [0.2, 0.25) is 0 Å². The van der Waals surface area contributed by atoms with E-state index in [0.717, 1.165) is 49.7 Å². The second-order valence-corrected chi connectivity index (χ2v) is 6.69. The first-order chi connectivity index (χ1) is 9.72. The van der Waals surface area contributed by atoms with Gasteiger partial charge in [-0.2, -0.15) is 0 Å². The molecule has 1 aliphatic heterocycles. The number of carbonyl (C=O) groups excluding carboxylic acids is 1. The Hall–Kier alpha value is -1.14. The highest BCUT2D eigenvalue weighted by Crippen LogP contribution is 2.29. The van der Waals surface area contributed by atoms with Crippen LogP contribution in [0.2, 0.25) is 0 Å². The molecule has 20 heavy (non-hydrogen) atoms. The van der Waals surface area contributed by atoms with Crippen molar-refractivity contribution in [3.63, 3.8) is 0 Å². The molecule has 0 aromatic carbocycles. The third-order valence-corrected chi connectivity index (χ3v) is 4.64. The zero-order chi connectivity index (χ0) is 13.9. The van der Waals surface area contributed by atoms with Crippen LogP contribution >= 0.6 is 11.3 Å². The number of aryl methyl sites for hydroxylation is 1. The van der Waals surface area contributed by atoms with Crippen molar-refractivity contribution in [2.45, 2.75) is 38.8 Å². The molecule has 6 heteroatoms. The summed E-state index contributed by atoms with van der Waals surface area (Å²) < 4.78 is 5.40. The van der Waals surface area contributed by atoms with Crippen molar-refractivity contribution in [2.24, 2.45) is 5.92 Å². The van der Waals surface area contributed by atoms with E-state index in [4.69, 9.17) is 4.74 Å². The van der Waals surface area contributed by atoms with Gasteiger partial charge in [-0.25, -0.2) is 9.78 Å². The summed E-state index contributed by atoms with van der Waals surface area (Å²) in [7, 11) is 0. The number of carbonyl (C=O) groups is 1. The van der Waals surface area contributed by atoms with Gasteiger partial charge in [0, 0.05) is 30.5 Å². The van der Waals surface area contributed by atoms with Gasteiger partial charge >= 0.3 is 6.03 Å². The smallest absolute Gasteiger partial charge is 0.317 e. The normalized spacial score (nSPS) is 21.9. The van der Waals surface area contributed by atoms with Crippen molar-refractivity contribution in [3.8, 4) is 0 Å². The average molecular weight is 295 g/mol. The molecule has 1 aliphatic carbocycles. The molecule has 2 fully saturated rings. The molecule has 2 heterocycles. The number of ether oxygens (including phenoxy) is 1. The lowest BCUT2D eigenvalue weighted by molar-refractivity contribution is 0.162. The van der Waals surface area contributed by atoms with Crippen LogP contribution in [0, 0.1) is 12.8 Å². The summed E-state index contributed by atoms with van der Waals surface area (Å²) in [5.41, 5.74) is 0.945. The maximum Gasteiger partial charge on any atom is 0.317 e. The van der Waals surface area contributed by atoms with E-state index in [2.05, 4.69) is 10.3 Å². The largest absolute Gasteiger partial charge is 0.381 e. The number of hydrogen-bond acceptors (Lipinski definition) is 4. The van der Waals surface area contributed by atoms with Crippen LogP contribution in [0.1, 0.15) is 30.0 Å². The van der Waals surface area contributed by atoms with Gasteiger partial charge in [-0.1, -0.05) is 0 Å². The van der Waals surface area contributed by atoms with Gasteiger partial charge in [0.25, 0.3) is 0 Å². The Labute approximate surface area is 123 Å². The molecule has 5 nitrogen and oxygen atoms in total. The fraction of sp³-hybridized carbons (Fsp3) is 0.714. The van der Waals surface area contributed by atoms with Gasteiger partial charge < -0.3 is 15.0 Å². The molecule has 3 rings (SSSR count). The van der Waals surface area contributed by atoms with Crippen molar-refractivity contribution < 1.29 is 9.53 Å². The molecule has 1 aromatic rings. The quantitative estimate of drug-likeness (QED) is 0.905. The molecule has 1 aromatic heterocycles. The van der Waals surface area contributed by atoms with Gasteiger partial charge in [-0.3, -0.25) is 0 Å². The maximum absolute atomic E-state index is 12.3. The van der Waals surface area contributed by atoms with Crippen molar-refractivity contribution in [3.05, 3.63) is 16.1 Å². The van der Waals surface area contributed by atoms with Gasteiger partial charge in [0.15, 0.2) is 0 Å². The number of urea groups is 1. The number of aromatic nitrogens is 1. The molecule has 110 valence electrons. The summed E-state index contributed by atoms with van der Waals surface area (Å²) in [5.74, 6) is 0.503. The number of nitrogens with zero attached hydrogens (tertiary/aromatic N) is 2. The lowest BCUT2D eigenvalue weighted by atomic mass is 10.1. The van der Waals surface area contributed by atoms with E-state index < -0.39 is 0 Å². The third-order valence-electron chi connectivity index (χ3n) is 3.81. The fourth-order valence-electron chi connectivity index (χ4n) is 2.55. The van der Waals surface area contributed by atoms with Gasteiger partial charge in [0.05, 0.1) is 23.9 Å². The molecule has 2 aliphatic rings. The maximum atomic E-state index is 12.3. The van der Waals surface area contributed by atoms with E-state index in [9.17, 15) is 4.79 Å². The standard InChI is InChI=1S/C14H21N3O2S/c1-10-16-12(9-20-10)6-15-14(18)17(13-2-3-13)7-11-4-5-19-8-11/h9,11,13H,2-8H2,1H3,(H,15,18)/t11-/m1/s1. The topological polar surface area (TPSA) is 54.5 Å². The molecule has 0 spiro atoms. The Morgan fingerprint density at radius 2 is 2.40 bits per heavy atom. The lowest BCUT2D eigenvalue weighted by Gasteiger charge is -2.25. The number of rotatable bonds is 5. The first kappa shape index (κ1) is 13.8. The van der Waals surface area contributed by atoms with E-state index >= 15 is 0 Å². The number of thiazole rings is 1. The molecule has 0 radical (unpaired) electrons. The zero-order valence-electron chi connectivity index (χ0n) is 11.8. The molecular weight excluding hydrogens is 274 g/mol. The van der Waals surface area contributed by atoms with Crippen LogP contribution in [-0.2, 0) is 11.3 Å². The Morgan fingerprint density at radius 1 is 1.55 bits per heavy atom. The minimum Gasteiger partial charge on any atom is -0.381 e. The van der Waals surface area contributed by atoms with Crippen LogP contribution in [0.3, 0.4) is 0 Å². The van der Waals surface area contributed by atoms with Crippen LogP contribution in [0.15, 0.2) is 5.38 Å². The monoisotopic (exact) mass is 295 g/mol. The third kappa shape index (κ3) is 3.49. The first-order valence-electron chi connectivity index (χ1n) is 7.25. The van der Waals surface area contributed by atoms with Crippen LogP contribution in [0.25, 0.3) is 0 Å². The molecule has 1 N–H and O–H groups in total. The average Bonchev–Trinajstić information content (AvgIpc) is 2.97. The highest BCUT2D eigenvalue weighted by molar-refractivity contribution is 7.09. The van der Waals surface area contributed by atoms with E-state index in [0.29, 0.717) is 18.5 Å². The van der Waals surface area contributed by atoms with Crippen molar-refractivity contribution in [1.82, 2.24) is 15.2 Å². The molecular formula is C14H21N3O2S. The number of hydrogen-bond donors (Lipinski definition) is 1. The predicted octanol–water partition coefficient (Wildman–Crippen LogP) is 2.16. The van der Waals surface area contributed by atoms with Crippen LogP contribution < -0.4 is 5.32 Å². The van der Waals surface area contributed by atoms with Crippen molar-refractivity contribution >= 4 is 17.4 Å². The second-order valence-electron chi connectivity index (χ2n) is 5.63. The zero-order valence-corrected chi connectivity index (χ0v) is 12.6. The molecule has 0 unspecified atom stereocenters. The van der Waals surface area contributed by atoms with Crippen LogP contribution in [0.5, 0.6) is 0 Å². The predicted molar refractivity (Wildman–Crippen MR) is 77.7 cm³/mol. The molecule has 1 atom stereocenters. The molecule has 1 saturated heterocycles. The number of amides is 2. The SMILES string of the molecule is Cc1nc(CNC(=O)N(C[C@H]2CCOC2)C2CC2)cs1. The summed E-state index contributed by atoms with van der Waals surface area (Å²) in [6.45, 7) is 4.96. The van der Waals surface area contributed by atoms with E-state index in [1.807, 2.05) is 17.2 Å². The summed E-state index contributed by atoms with van der Waals surface area (Å²) in [6.07, 6.45) is 3.34. The molecule has 1 saturated carbocycles. The van der Waals surface area contributed by atoms with E-state index in [-0.39, 0.29) is 6.03 Å². The lowest BCUT2D eigenvalue weighted by Crippen LogP contribution is -2.43. The van der Waals surface area contributed by atoms with Crippen molar-refractivity contribution in [2.75, 3.05) is 19.8 Å². The first-order valence-corrected chi connectivity index (χ1v) is 8.13. The van der Waals surface area contributed by atoms with Gasteiger partial charge in [-0.05, 0) is 26.2 Å². The van der Waals surface area contributed by atoms with Crippen LogP contribution in [-0.4, -0.2) is 41.7 Å². The summed E-state index contributed by atoms with van der Waals surface area (Å²) in [5, 5.41) is 6.04. The summed E-state index contributed by atoms with van der Waals surface area (Å²) >= 11 is 1.62. The Kier molecular flexibility index (Phi) is 4.21. The highest BCUT2D eigenvalue weighted by atomic mass is 32.1. The van der Waals surface area contributed by atoms with E-state index in [1.165, 1.54) is 0 Å². The Bertz CT molecular complexity index is 467. The summed E-state index contributed by atoms with van der Waals surface area (Å²) in [4.78, 5) is 18.7. The molecule has 2 amide bonds. The fourth-order valence-corrected chi connectivity index (χ4v) is 3.16. The van der Waals surface area contributed by atoms with Gasteiger partial charge in [0.1, 0.15) is 0 Å². The Morgan fingerprint density at radius 3 is 3.00 bits per heavy atom. The summed E-state index contributed by atoms with van der Waals surface area (Å²) in [6, 6.07) is 0.484.